The molecule has 1 fully saturated rings. The Morgan fingerprint density at radius 1 is 1.19 bits per heavy atom. The molecule has 0 radical (unpaired) electrons. The molecule has 1 saturated heterocycles. The van der Waals surface area contributed by atoms with Crippen molar-refractivity contribution in [3.05, 3.63) is 29.3 Å². The van der Waals surface area contributed by atoms with E-state index in [2.05, 4.69) is 51.7 Å². The zero-order chi connectivity index (χ0) is 22.6. The van der Waals surface area contributed by atoms with E-state index < -0.39 is 5.91 Å². The molecule has 5 N–H and O–H groups in total. The molecule has 1 aromatic heterocycles. The minimum absolute atomic E-state index is 0.0873. The van der Waals surface area contributed by atoms with Crippen LogP contribution in [0.25, 0.3) is 0 Å². The van der Waals surface area contributed by atoms with Gasteiger partial charge < -0.3 is 26.6 Å². The second kappa shape index (κ2) is 9.47. The monoisotopic (exact) mass is 426 g/mol. The number of hydrogen-bond acceptors (Lipinski definition) is 8. The van der Waals surface area contributed by atoms with Crippen LogP contribution in [0, 0.1) is 12.3 Å². The molecule has 168 valence electrons. The van der Waals surface area contributed by atoms with Crippen molar-refractivity contribution in [1.82, 2.24) is 20.3 Å². The fraction of sp³-hybridized carbons (Fsp3) is 0.545. The van der Waals surface area contributed by atoms with Gasteiger partial charge in [-0.1, -0.05) is 26.8 Å². The normalized spacial score (nSPS) is 14.9. The van der Waals surface area contributed by atoms with E-state index in [-0.39, 0.29) is 5.41 Å². The summed E-state index contributed by atoms with van der Waals surface area (Å²) < 4.78 is 0. The minimum Gasteiger partial charge on any atom is -0.366 e. The number of benzene rings is 1. The number of nitrogens with zero attached hydrogens (tertiary/aromatic N) is 4. The summed E-state index contributed by atoms with van der Waals surface area (Å²) in [6.45, 7) is 11.2. The maximum absolute atomic E-state index is 11.6. The molecule has 1 aliphatic heterocycles. The lowest BCUT2D eigenvalue weighted by Crippen LogP contribution is -2.36. The first-order valence-electron chi connectivity index (χ1n) is 10.7. The van der Waals surface area contributed by atoms with Crippen LogP contribution >= 0.6 is 0 Å². The van der Waals surface area contributed by atoms with E-state index >= 15 is 0 Å². The third kappa shape index (κ3) is 6.52. The summed E-state index contributed by atoms with van der Waals surface area (Å²) in [5.74, 6) is 1.08. The van der Waals surface area contributed by atoms with Gasteiger partial charge in [0.25, 0.3) is 0 Å². The van der Waals surface area contributed by atoms with Crippen LogP contribution in [0.5, 0.6) is 0 Å². The average Bonchev–Trinajstić information content (AvgIpc) is 2.69. The first-order valence-corrected chi connectivity index (χ1v) is 10.7. The van der Waals surface area contributed by atoms with Crippen molar-refractivity contribution in [2.45, 2.75) is 46.6 Å². The maximum Gasteiger partial charge on any atom is 0.248 e. The van der Waals surface area contributed by atoms with Crippen LogP contribution in [-0.2, 0) is 0 Å². The Morgan fingerprint density at radius 3 is 2.52 bits per heavy atom. The first kappa shape index (κ1) is 22.7. The van der Waals surface area contributed by atoms with E-state index in [4.69, 9.17) is 5.73 Å². The fourth-order valence-electron chi connectivity index (χ4n) is 3.62. The topological polar surface area (TPSA) is 121 Å². The highest BCUT2D eigenvalue weighted by molar-refractivity contribution is 5.94. The zero-order valence-electron chi connectivity index (χ0n) is 19.1. The number of carbonyl (C=O) groups is 1. The SMILES string of the molecule is Cc1ccc(C(N)=O)cc1Nc1nc(NC2CCNCC2)nc(N(C)CC(C)(C)C)n1. The smallest absolute Gasteiger partial charge is 0.248 e. The molecule has 9 heteroatoms. The lowest BCUT2D eigenvalue weighted by atomic mass is 9.96. The average molecular weight is 427 g/mol. The molecule has 3 rings (SSSR count). The molecular formula is C22H34N8O. The Kier molecular flexibility index (Phi) is 6.94. The van der Waals surface area contributed by atoms with Crippen molar-refractivity contribution in [2.75, 3.05) is 42.2 Å². The van der Waals surface area contributed by atoms with E-state index in [1.807, 2.05) is 24.9 Å². The first-order chi connectivity index (χ1) is 14.6. The molecule has 0 saturated carbocycles. The predicted molar refractivity (Wildman–Crippen MR) is 125 cm³/mol. The molecule has 2 aromatic rings. The summed E-state index contributed by atoms with van der Waals surface area (Å²) in [4.78, 5) is 27.6. The molecule has 31 heavy (non-hydrogen) atoms. The van der Waals surface area contributed by atoms with Gasteiger partial charge in [0.1, 0.15) is 0 Å². The van der Waals surface area contributed by atoms with Gasteiger partial charge >= 0.3 is 0 Å². The molecule has 1 aromatic carbocycles. The van der Waals surface area contributed by atoms with Gasteiger partial charge in [-0.25, -0.2) is 0 Å². The van der Waals surface area contributed by atoms with Crippen molar-refractivity contribution in [3.8, 4) is 0 Å². The van der Waals surface area contributed by atoms with Crippen LogP contribution in [0.1, 0.15) is 49.5 Å². The van der Waals surface area contributed by atoms with Gasteiger partial charge in [0.05, 0.1) is 0 Å². The molecule has 9 nitrogen and oxygen atoms in total. The number of amides is 1. The third-order valence-electron chi connectivity index (χ3n) is 5.12. The van der Waals surface area contributed by atoms with E-state index in [9.17, 15) is 4.79 Å². The predicted octanol–water partition coefficient (Wildman–Crippen LogP) is 2.67. The number of primary amides is 1. The largest absolute Gasteiger partial charge is 0.366 e. The number of piperidine rings is 1. The highest BCUT2D eigenvalue weighted by Gasteiger charge is 2.20. The zero-order valence-corrected chi connectivity index (χ0v) is 19.1. The molecule has 2 heterocycles. The Bertz CT molecular complexity index is 918. The number of anilines is 4. The number of carbonyl (C=O) groups excluding carboxylic acids is 1. The highest BCUT2D eigenvalue weighted by atomic mass is 16.1. The fourth-order valence-corrected chi connectivity index (χ4v) is 3.62. The van der Waals surface area contributed by atoms with Crippen LogP contribution in [0.2, 0.25) is 0 Å². The molecular weight excluding hydrogens is 392 g/mol. The van der Waals surface area contributed by atoms with Crippen LogP contribution in [-0.4, -0.2) is 53.6 Å². The molecule has 0 unspecified atom stereocenters. The standard InChI is InChI=1S/C22H34N8O/c1-14-6-7-15(18(23)31)12-17(14)26-20-27-19(25-16-8-10-24-11-9-16)28-21(29-20)30(5)13-22(2,3)4/h6-7,12,16,24H,8-11,13H2,1-5H3,(H2,23,31)(H2,25,26,27,28,29). The second-order valence-corrected chi connectivity index (χ2v) is 9.39. The summed E-state index contributed by atoms with van der Waals surface area (Å²) >= 11 is 0. The highest BCUT2D eigenvalue weighted by Crippen LogP contribution is 2.24. The Hall–Kier alpha value is -2.94. The number of aromatic nitrogens is 3. The van der Waals surface area contributed by atoms with Gasteiger partial charge in [-0.2, -0.15) is 15.0 Å². The number of rotatable bonds is 7. The van der Waals surface area contributed by atoms with Crippen LogP contribution < -0.4 is 26.6 Å². The Balaban J connectivity index is 1.92. The minimum atomic E-state index is -0.474. The lowest BCUT2D eigenvalue weighted by Gasteiger charge is -2.28. The molecule has 0 bridgehead atoms. The van der Waals surface area contributed by atoms with E-state index in [0.29, 0.717) is 29.5 Å². The number of nitrogens with two attached hydrogens (primary N) is 1. The van der Waals surface area contributed by atoms with Crippen molar-refractivity contribution >= 4 is 29.4 Å². The van der Waals surface area contributed by atoms with Gasteiger partial charge in [-0.3, -0.25) is 4.79 Å². The quantitative estimate of drug-likeness (QED) is 0.533. The maximum atomic E-state index is 11.6. The molecule has 0 atom stereocenters. The van der Waals surface area contributed by atoms with Gasteiger partial charge in [-0.05, 0) is 56.0 Å². The molecule has 0 aliphatic carbocycles. The number of nitrogens with one attached hydrogen (secondary N) is 3. The number of hydrogen-bond donors (Lipinski definition) is 4. The van der Waals surface area contributed by atoms with Crippen molar-refractivity contribution in [2.24, 2.45) is 11.1 Å². The van der Waals surface area contributed by atoms with Crippen molar-refractivity contribution < 1.29 is 4.79 Å². The van der Waals surface area contributed by atoms with E-state index in [1.165, 1.54) is 0 Å². The van der Waals surface area contributed by atoms with Crippen molar-refractivity contribution in [1.29, 1.82) is 0 Å². The second-order valence-electron chi connectivity index (χ2n) is 9.39. The van der Waals surface area contributed by atoms with Crippen LogP contribution in [0.4, 0.5) is 23.5 Å². The Morgan fingerprint density at radius 2 is 1.87 bits per heavy atom. The van der Waals surface area contributed by atoms with Crippen molar-refractivity contribution in [3.63, 3.8) is 0 Å². The number of aryl methyl sites for hydroxylation is 1. The Labute approximate surface area is 184 Å². The summed E-state index contributed by atoms with van der Waals surface area (Å²) in [7, 11) is 1.98. The molecule has 1 aliphatic rings. The summed E-state index contributed by atoms with van der Waals surface area (Å²) in [6, 6.07) is 5.60. The lowest BCUT2D eigenvalue weighted by molar-refractivity contribution is 0.100. The van der Waals surface area contributed by atoms with E-state index in [1.54, 1.807) is 12.1 Å². The van der Waals surface area contributed by atoms with E-state index in [0.717, 1.165) is 43.7 Å². The third-order valence-corrected chi connectivity index (χ3v) is 5.12. The van der Waals surface area contributed by atoms with Gasteiger partial charge in [0.15, 0.2) is 0 Å². The molecule has 1 amide bonds. The van der Waals surface area contributed by atoms with Gasteiger partial charge in [0.2, 0.25) is 23.8 Å². The summed E-state index contributed by atoms with van der Waals surface area (Å²) in [5, 5.41) is 10.1. The summed E-state index contributed by atoms with van der Waals surface area (Å²) in [5.41, 5.74) is 7.66. The van der Waals surface area contributed by atoms with Gasteiger partial charge in [-0.15, -0.1) is 0 Å². The van der Waals surface area contributed by atoms with Crippen LogP contribution in [0.3, 0.4) is 0 Å². The van der Waals surface area contributed by atoms with Crippen LogP contribution in [0.15, 0.2) is 18.2 Å². The molecule has 0 spiro atoms. The van der Waals surface area contributed by atoms with Gasteiger partial charge in [0, 0.05) is 30.9 Å². The summed E-state index contributed by atoms with van der Waals surface area (Å²) in [6.07, 6.45) is 2.03.